The molecule has 0 saturated carbocycles. The first kappa shape index (κ1) is 18.8. The fourth-order valence-electron chi connectivity index (χ4n) is 3.16. The Morgan fingerprint density at radius 1 is 1.19 bits per heavy atom. The van der Waals surface area contributed by atoms with E-state index < -0.39 is 0 Å². The fraction of sp³-hybridized carbons (Fsp3) is 0.381. The Kier molecular flexibility index (Phi) is 6.56. The Bertz CT molecular complexity index is 728. The molecule has 138 valence electrons. The number of benzene rings is 2. The maximum Gasteiger partial charge on any atom is 0.410 e. The van der Waals surface area contributed by atoms with Gasteiger partial charge >= 0.3 is 6.09 Å². The van der Waals surface area contributed by atoms with E-state index in [0.717, 1.165) is 48.2 Å². The lowest BCUT2D eigenvalue weighted by Crippen LogP contribution is -2.40. The Morgan fingerprint density at radius 2 is 1.92 bits per heavy atom. The number of nitrogens with zero attached hydrogens (tertiary/aromatic N) is 1. The molecule has 1 fully saturated rings. The Morgan fingerprint density at radius 3 is 2.65 bits per heavy atom. The minimum absolute atomic E-state index is 0.207. The molecule has 2 aromatic rings. The van der Waals surface area contributed by atoms with Crippen LogP contribution >= 0.6 is 15.9 Å². The van der Waals surface area contributed by atoms with Crippen LogP contribution in [0.3, 0.4) is 0 Å². The van der Waals surface area contributed by atoms with Crippen LogP contribution in [0.15, 0.2) is 53.0 Å². The van der Waals surface area contributed by atoms with Crippen LogP contribution in [0.2, 0.25) is 0 Å². The molecule has 0 aromatic heterocycles. The number of amides is 1. The first-order valence-electron chi connectivity index (χ1n) is 9.07. The molecule has 1 aliphatic rings. The zero-order valence-electron chi connectivity index (χ0n) is 15.1. The number of aryl methyl sites for hydroxylation is 1. The van der Waals surface area contributed by atoms with Gasteiger partial charge in [-0.05, 0) is 64.9 Å². The summed E-state index contributed by atoms with van der Waals surface area (Å²) in [5, 5.41) is 3.53. The van der Waals surface area contributed by atoms with Crippen molar-refractivity contribution < 1.29 is 9.53 Å². The van der Waals surface area contributed by atoms with Gasteiger partial charge in [0.05, 0.1) is 0 Å². The van der Waals surface area contributed by atoms with Crippen molar-refractivity contribution >= 4 is 27.7 Å². The van der Waals surface area contributed by atoms with Crippen molar-refractivity contribution in [1.82, 2.24) is 4.90 Å². The fourth-order valence-corrected chi connectivity index (χ4v) is 3.55. The number of carbonyl (C=O) groups excluding carboxylic acids is 1. The van der Waals surface area contributed by atoms with Gasteiger partial charge in [-0.1, -0.05) is 36.4 Å². The molecule has 26 heavy (non-hydrogen) atoms. The average Bonchev–Trinajstić information content (AvgIpc) is 2.68. The van der Waals surface area contributed by atoms with E-state index in [9.17, 15) is 4.79 Å². The monoisotopic (exact) mass is 416 g/mol. The van der Waals surface area contributed by atoms with Gasteiger partial charge in [-0.2, -0.15) is 0 Å². The molecule has 2 aromatic carbocycles. The van der Waals surface area contributed by atoms with E-state index in [-0.39, 0.29) is 6.09 Å². The molecule has 1 saturated heterocycles. The summed E-state index contributed by atoms with van der Waals surface area (Å²) in [6, 6.07) is 16.1. The van der Waals surface area contributed by atoms with E-state index >= 15 is 0 Å². The minimum Gasteiger partial charge on any atom is -0.445 e. The number of anilines is 1. The van der Waals surface area contributed by atoms with Gasteiger partial charge in [0.15, 0.2) is 0 Å². The number of piperidine rings is 1. The van der Waals surface area contributed by atoms with Crippen LogP contribution in [0, 0.1) is 12.8 Å². The summed E-state index contributed by atoms with van der Waals surface area (Å²) in [6.45, 7) is 4.87. The van der Waals surface area contributed by atoms with Crippen molar-refractivity contribution in [2.24, 2.45) is 5.92 Å². The molecule has 0 radical (unpaired) electrons. The standard InChI is InChI=1S/C21H25BrN2O2/c1-16-7-8-19(22)20(13-16)23-14-17-9-11-24(12-10-17)21(25)26-15-18-5-3-2-4-6-18/h2-8,13,17,23H,9-12,14-15H2,1H3. The highest BCUT2D eigenvalue weighted by molar-refractivity contribution is 9.10. The number of halogens is 1. The van der Waals surface area contributed by atoms with E-state index in [4.69, 9.17) is 4.74 Å². The summed E-state index contributed by atoms with van der Waals surface area (Å²) in [5.41, 5.74) is 3.39. The summed E-state index contributed by atoms with van der Waals surface area (Å²) >= 11 is 3.59. The third-order valence-corrected chi connectivity index (χ3v) is 5.47. The Balaban J connectivity index is 1.41. The number of ether oxygens (including phenoxy) is 1. The molecule has 4 nitrogen and oxygen atoms in total. The van der Waals surface area contributed by atoms with E-state index in [2.05, 4.69) is 46.4 Å². The summed E-state index contributed by atoms with van der Waals surface area (Å²) in [7, 11) is 0. The highest BCUT2D eigenvalue weighted by Gasteiger charge is 2.23. The number of carbonyl (C=O) groups is 1. The molecule has 1 amide bonds. The van der Waals surface area contributed by atoms with Crippen LogP contribution in [0.5, 0.6) is 0 Å². The largest absolute Gasteiger partial charge is 0.445 e. The number of nitrogens with one attached hydrogen (secondary N) is 1. The van der Waals surface area contributed by atoms with Gasteiger partial charge in [-0.3, -0.25) is 0 Å². The maximum absolute atomic E-state index is 12.2. The van der Waals surface area contributed by atoms with Crippen molar-refractivity contribution in [2.45, 2.75) is 26.4 Å². The lowest BCUT2D eigenvalue weighted by molar-refractivity contribution is 0.0832. The van der Waals surface area contributed by atoms with Crippen molar-refractivity contribution in [3.63, 3.8) is 0 Å². The van der Waals surface area contributed by atoms with Crippen LogP contribution in [0.4, 0.5) is 10.5 Å². The minimum atomic E-state index is -0.207. The second-order valence-electron chi connectivity index (χ2n) is 6.83. The lowest BCUT2D eigenvalue weighted by atomic mass is 9.97. The molecule has 0 unspecified atom stereocenters. The first-order valence-corrected chi connectivity index (χ1v) is 9.87. The van der Waals surface area contributed by atoms with Crippen LogP contribution in [-0.2, 0) is 11.3 Å². The van der Waals surface area contributed by atoms with Crippen molar-refractivity contribution in [2.75, 3.05) is 25.0 Å². The van der Waals surface area contributed by atoms with E-state index in [1.54, 1.807) is 0 Å². The number of rotatable bonds is 5. The molecule has 1 N–H and O–H groups in total. The number of likely N-dealkylation sites (tertiary alicyclic amines) is 1. The number of hydrogen-bond donors (Lipinski definition) is 1. The number of hydrogen-bond acceptors (Lipinski definition) is 3. The molecule has 1 heterocycles. The van der Waals surface area contributed by atoms with Gasteiger partial charge in [-0.15, -0.1) is 0 Å². The Hall–Kier alpha value is -2.01. The van der Waals surface area contributed by atoms with Gasteiger partial charge in [0.1, 0.15) is 6.61 Å². The molecule has 0 spiro atoms. The van der Waals surface area contributed by atoms with Gasteiger partial charge < -0.3 is 15.0 Å². The highest BCUT2D eigenvalue weighted by Crippen LogP contribution is 2.25. The molecular formula is C21H25BrN2O2. The zero-order chi connectivity index (χ0) is 18.4. The molecule has 1 aliphatic heterocycles. The van der Waals surface area contributed by atoms with Crippen LogP contribution in [0.25, 0.3) is 0 Å². The Labute approximate surface area is 163 Å². The second kappa shape index (κ2) is 9.08. The normalized spacial score (nSPS) is 14.9. The van der Waals surface area contributed by atoms with Gasteiger partial charge in [0.25, 0.3) is 0 Å². The van der Waals surface area contributed by atoms with E-state index in [0.29, 0.717) is 12.5 Å². The maximum atomic E-state index is 12.2. The van der Waals surface area contributed by atoms with Crippen molar-refractivity contribution in [3.05, 3.63) is 64.1 Å². The van der Waals surface area contributed by atoms with Crippen LogP contribution in [-0.4, -0.2) is 30.6 Å². The molecule has 0 bridgehead atoms. The third-order valence-electron chi connectivity index (χ3n) is 4.78. The molecule has 5 heteroatoms. The highest BCUT2D eigenvalue weighted by atomic mass is 79.9. The molecular weight excluding hydrogens is 392 g/mol. The molecule has 3 rings (SSSR count). The van der Waals surface area contributed by atoms with E-state index in [1.807, 2.05) is 35.2 Å². The lowest BCUT2D eigenvalue weighted by Gasteiger charge is -2.31. The predicted octanol–water partition coefficient (Wildman–Crippen LogP) is 5.22. The van der Waals surface area contributed by atoms with Crippen molar-refractivity contribution in [1.29, 1.82) is 0 Å². The smallest absolute Gasteiger partial charge is 0.410 e. The quantitative estimate of drug-likeness (QED) is 0.726. The predicted molar refractivity (Wildman–Crippen MR) is 108 cm³/mol. The summed E-state index contributed by atoms with van der Waals surface area (Å²) in [4.78, 5) is 14.0. The van der Waals surface area contributed by atoms with Crippen molar-refractivity contribution in [3.8, 4) is 0 Å². The van der Waals surface area contributed by atoms with Gasteiger partial charge in [0, 0.05) is 29.8 Å². The van der Waals surface area contributed by atoms with Crippen LogP contribution in [0.1, 0.15) is 24.0 Å². The van der Waals surface area contributed by atoms with E-state index in [1.165, 1.54) is 5.56 Å². The topological polar surface area (TPSA) is 41.6 Å². The summed E-state index contributed by atoms with van der Waals surface area (Å²) < 4.78 is 6.51. The van der Waals surface area contributed by atoms with Crippen LogP contribution < -0.4 is 5.32 Å². The van der Waals surface area contributed by atoms with Gasteiger partial charge in [-0.25, -0.2) is 4.79 Å². The SMILES string of the molecule is Cc1ccc(Br)c(NCC2CCN(C(=O)OCc3ccccc3)CC2)c1. The average molecular weight is 417 g/mol. The third kappa shape index (κ3) is 5.24. The van der Waals surface area contributed by atoms with Gasteiger partial charge in [0.2, 0.25) is 0 Å². The first-order chi connectivity index (χ1) is 12.6. The molecule has 0 aliphatic carbocycles. The zero-order valence-corrected chi connectivity index (χ0v) is 16.7. The summed E-state index contributed by atoms with van der Waals surface area (Å²) in [6.07, 6.45) is 1.79. The second-order valence-corrected chi connectivity index (χ2v) is 7.69. The summed E-state index contributed by atoms with van der Waals surface area (Å²) in [5.74, 6) is 0.570. The molecule has 0 atom stereocenters.